The van der Waals surface area contributed by atoms with E-state index in [1.807, 2.05) is 12.4 Å². The van der Waals surface area contributed by atoms with Crippen LogP contribution in [-0.2, 0) is 0 Å². The summed E-state index contributed by atoms with van der Waals surface area (Å²) in [6.07, 6.45) is 5.13. The zero-order chi connectivity index (χ0) is 10.3. The Balaban J connectivity index is 1.88. The van der Waals surface area contributed by atoms with Gasteiger partial charge in [-0.05, 0) is 40.9 Å². The number of hydrogen-bond acceptors (Lipinski definition) is 3. The Labute approximate surface area is 98.0 Å². The standard InChI is InChI=1S/C11H14BrN3/c12-9-2-11(6-14-4-9)15-7-8-1-10(15)5-13-3-8/h2,4,6,8,10,13H,1,3,5,7H2. The molecule has 0 saturated carbocycles. The first-order valence-electron chi connectivity index (χ1n) is 5.41. The summed E-state index contributed by atoms with van der Waals surface area (Å²) in [6.45, 7) is 3.47. The average molecular weight is 268 g/mol. The minimum atomic E-state index is 0.667. The fourth-order valence-electron chi connectivity index (χ4n) is 2.68. The van der Waals surface area contributed by atoms with Crippen LogP contribution in [0.2, 0.25) is 0 Å². The number of pyridine rings is 1. The van der Waals surface area contributed by atoms with E-state index < -0.39 is 0 Å². The van der Waals surface area contributed by atoms with Crippen molar-refractivity contribution in [2.45, 2.75) is 12.5 Å². The van der Waals surface area contributed by atoms with Gasteiger partial charge >= 0.3 is 0 Å². The van der Waals surface area contributed by atoms with Crippen LogP contribution in [0, 0.1) is 5.92 Å². The molecule has 3 rings (SSSR count). The summed E-state index contributed by atoms with van der Waals surface area (Å²) in [7, 11) is 0. The Morgan fingerprint density at radius 3 is 3.13 bits per heavy atom. The number of aromatic nitrogens is 1. The fraction of sp³-hybridized carbons (Fsp3) is 0.545. The van der Waals surface area contributed by atoms with Gasteiger partial charge in [-0.1, -0.05) is 0 Å². The van der Waals surface area contributed by atoms with Crippen molar-refractivity contribution in [3.05, 3.63) is 22.9 Å². The molecule has 80 valence electrons. The van der Waals surface area contributed by atoms with E-state index in [1.165, 1.54) is 25.2 Å². The maximum Gasteiger partial charge on any atom is 0.0567 e. The van der Waals surface area contributed by atoms with Gasteiger partial charge in [0.1, 0.15) is 0 Å². The minimum absolute atomic E-state index is 0.667. The average Bonchev–Trinajstić information content (AvgIpc) is 2.54. The molecule has 2 aliphatic rings. The van der Waals surface area contributed by atoms with E-state index in [0.29, 0.717) is 6.04 Å². The van der Waals surface area contributed by atoms with E-state index in [0.717, 1.165) is 16.9 Å². The van der Waals surface area contributed by atoms with E-state index in [9.17, 15) is 0 Å². The predicted octanol–water partition coefficient (Wildman–Crippen LogP) is 1.64. The van der Waals surface area contributed by atoms with E-state index in [2.05, 4.69) is 37.2 Å². The number of fused-ring (bicyclic) bond motifs is 2. The van der Waals surface area contributed by atoms with Crippen LogP contribution in [0.4, 0.5) is 5.69 Å². The van der Waals surface area contributed by atoms with Crippen LogP contribution in [0.15, 0.2) is 22.9 Å². The molecule has 2 bridgehead atoms. The smallest absolute Gasteiger partial charge is 0.0567 e. The number of anilines is 1. The van der Waals surface area contributed by atoms with Gasteiger partial charge in [-0.2, -0.15) is 0 Å². The van der Waals surface area contributed by atoms with Crippen LogP contribution in [0.1, 0.15) is 6.42 Å². The molecular weight excluding hydrogens is 254 g/mol. The van der Waals surface area contributed by atoms with E-state index >= 15 is 0 Å². The molecule has 3 nitrogen and oxygen atoms in total. The monoisotopic (exact) mass is 267 g/mol. The molecule has 2 aliphatic heterocycles. The molecule has 1 aromatic rings. The highest BCUT2D eigenvalue weighted by Gasteiger charge is 2.35. The topological polar surface area (TPSA) is 28.2 Å². The first kappa shape index (κ1) is 9.60. The maximum absolute atomic E-state index is 4.23. The Morgan fingerprint density at radius 1 is 1.40 bits per heavy atom. The van der Waals surface area contributed by atoms with Crippen LogP contribution < -0.4 is 10.2 Å². The molecule has 0 spiro atoms. The third-order valence-corrected chi connectivity index (χ3v) is 3.77. The van der Waals surface area contributed by atoms with Gasteiger partial charge in [0, 0.05) is 29.8 Å². The van der Waals surface area contributed by atoms with Gasteiger partial charge in [-0.15, -0.1) is 0 Å². The lowest BCUT2D eigenvalue weighted by Crippen LogP contribution is -2.39. The van der Waals surface area contributed by atoms with Crippen molar-refractivity contribution < 1.29 is 0 Å². The van der Waals surface area contributed by atoms with Gasteiger partial charge < -0.3 is 10.2 Å². The summed E-state index contributed by atoms with van der Waals surface area (Å²) in [5.74, 6) is 0.822. The normalized spacial score (nSPS) is 29.5. The van der Waals surface area contributed by atoms with Gasteiger partial charge in [0.15, 0.2) is 0 Å². The molecule has 0 aromatic carbocycles. The Bertz CT molecular complexity index is 369. The highest BCUT2D eigenvalue weighted by molar-refractivity contribution is 9.10. The number of nitrogens with one attached hydrogen (secondary N) is 1. The number of hydrogen-bond donors (Lipinski definition) is 1. The summed E-state index contributed by atoms with van der Waals surface area (Å²) in [5, 5.41) is 3.49. The Hall–Kier alpha value is -0.610. The minimum Gasteiger partial charge on any atom is -0.366 e. The highest BCUT2D eigenvalue weighted by Crippen LogP contribution is 2.31. The summed E-state index contributed by atoms with van der Waals surface area (Å²) < 4.78 is 1.06. The number of halogens is 1. The number of piperidine rings is 1. The molecule has 4 heteroatoms. The van der Waals surface area contributed by atoms with Gasteiger partial charge in [-0.3, -0.25) is 4.98 Å². The van der Waals surface area contributed by atoms with Crippen LogP contribution in [0.25, 0.3) is 0 Å². The van der Waals surface area contributed by atoms with Crippen LogP contribution in [-0.4, -0.2) is 30.7 Å². The molecule has 2 saturated heterocycles. The van der Waals surface area contributed by atoms with Gasteiger partial charge in [0.05, 0.1) is 11.9 Å². The zero-order valence-electron chi connectivity index (χ0n) is 8.49. The second-order valence-corrected chi connectivity index (χ2v) is 5.34. The molecule has 2 fully saturated rings. The molecule has 1 aromatic heterocycles. The van der Waals surface area contributed by atoms with Crippen LogP contribution in [0.3, 0.4) is 0 Å². The molecular formula is C11H14BrN3. The molecule has 0 radical (unpaired) electrons. The number of nitrogens with zero attached hydrogens (tertiary/aromatic N) is 2. The molecule has 1 N–H and O–H groups in total. The van der Waals surface area contributed by atoms with Crippen molar-refractivity contribution in [3.8, 4) is 0 Å². The summed E-state index contributed by atoms with van der Waals surface area (Å²) in [6, 6.07) is 2.83. The highest BCUT2D eigenvalue weighted by atomic mass is 79.9. The molecule has 15 heavy (non-hydrogen) atoms. The molecule has 0 amide bonds. The predicted molar refractivity (Wildman–Crippen MR) is 64.0 cm³/mol. The van der Waals surface area contributed by atoms with E-state index in [-0.39, 0.29) is 0 Å². The SMILES string of the molecule is Brc1cncc(N2CC3CNCC2C3)c1. The second-order valence-electron chi connectivity index (χ2n) is 4.43. The maximum atomic E-state index is 4.23. The molecule has 3 heterocycles. The summed E-state index contributed by atoms with van der Waals surface area (Å²) in [5.41, 5.74) is 1.25. The quantitative estimate of drug-likeness (QED) is 0.839. The molecule has 2 atom stereocenters. The van der Waals surface area contributed by atoms with Crippen molar-refractivity contribution >= 4 is 21.6 Å². The second kappa shape index (κ2) is 3.76. The van der Waals surface area contributed by atoms with Crippen molar-refractivity contribution in [1.29, 1.82) is 0 Å². The van der Waals surface area contributed by atoms with Gasteiger partial charge in [0.2, 0.25) is 0 Å². The lowest BCUT2D eigenvalue weighted by molar-refractivity contribution is 0.434. The first-order chi connectivity index (χ1) is 7.33. The van der Waals surface area contributed by atoms with Crippen molar-refractivity contribution in [2.75, 3.05) is 24.5 Å². The van der Waals surface area contributed by atoms with Crippen molar-refractivity contribution in [1.82, 2.24) is 10.3 Å². The van der Waals surface area contributed by atoms with E-state index in [4.69, 9.17) is 0 Å². The fourth-order valence-corrected chi connectivity index (χ4v) is 3.04. The molecule has 0 aliphatic carbocycles. The zero-order valence-corrected chi connectivity index (χ0v) is 10.1. The van der Waals surface area contributed by atoms with Gasteiger partial charge in [0.25, 0.3) is 0 Å². The first-order valence-corrected chi connectivity index (χ1v) is 6.20. The van der Waals surface area contributed by atoms with Crippen molar-refractivity contribution in [3.63, 3.8) is 0 Å². The van der Waals surface area contributed by atoms with Crippen molar-refractivity contribution in [2.24, 2.45) is 5.92 Å². The van der Waals surface area contributed by atoms with Crippen LogP contribution >= 0.6 is 15.9 Å². The summed E-state index contributed by atoms with van der Waals surface area (Å²) >= 11 is 3.48. The molecule has 2 unspecified atom stereocenters. The Morgan fingerprint density at radius 2 is 2.33 bits per heavy atom. The Kier molecular flexibility index (Phi) is 2.41. The van der Waals surface area contributed by atoms with E-state index in [1.54, 1.807) is 0 Å². The summed E-state index contributed by atoms with van der Waals surface area (Å²) in [4.78, 5) is 6.72. The largest absolute Gasteiger partial charge is 0.366 e. The van der Waals surface area contributed by atoms with Crippen LogP contribution in [0.5, 0.6) is 0 Å². The van der Waals surface area contributed by atoms with Gasteiger partial charge in [-0.25, -0.2) is 0 Å². The third kappa shape index (κ3) is 1.76. The lowest BCUT2D eigenvalue weighted by atomic mass is 10.0. The third-order valence-electron chi connectivity index (χ3n) is 3.34. The number of rotatable bonds is 1. The lowest BCUT2D eigenvalue weighted by Gasteiger charge is -2.26.